The van der Waals surface area contributed by atoms with Crippen molar-refractivity contribution in [3.05, 3.63) is 0 Å². The molecular weight excluding hydrogens is 204 g/mol. The minimum atomic E-state index is -1.35. The van der Waals surface area contributed by atoms with Crippen LogP contribution in [0.3, 0.4) is 0 Å². The fourth-order valence-electron chi connectivity index (χ4n) is 1.93. The second kappa shape index (κ2) is 4.92. The summed E-state index contributed by atoms with van der Waals surface area (Å²) in [5, 5.41) is 4.52. The molecule has 1 aliphatic heterocycles. The Morgan fingerprint density at radius 1 is 1.40 bits per heavy atom. The van der Waals surface area contributed by atoms with Crippen LogP contribution in [0.15, 0.2) is 5.10 Å². The summed E-state index contributed by atoms with van der Waals surface area (Å²) in [6, 6.07) is 1.30. The van der Waals surface area contributed by atoms with E-state index >= 15 is 0 Å². The number of hydrazone groups is 1. The van der Waals surface area contributed by atoms with Crippen molar-refractivity contribution in [1.29, 1.82) is 0 Å². The number of ketones is 1. The van der Waals surface area contributed by atoms with E-state index in [1.807, 2.05) is 13.8 Å². The van der Waals surface area contributed by atoms with E-state index in [9.17, 15) is 4.79 Å². The Hall–Kier alpha value is -0.643. The SMILES string of the molecule is CCC(=O)C(C)=NN1CCCC[Si]1(C)C. The van der Waals surface area contributed by atoms with E-state index in [1.165, 1.54) is 18.9 Å². The normalized spacial score (nSPS) is 21.6. The summed E-state index contributed by atoms with van der Waals surface area (Å²) >= 11 is 0. The van der Waals surface area contributed by atoms with Gasteiger partial charge in [-0.3, -0.25) is 4.79 Å². The Morgan fingerprint density at radius 2 is 2.07 bits per heavy atom. The molecule has 0 atom stereocenters. The zero-order chi connectivity index (χ0) is 11.5. The molecule has 0 saturated carbocycles. The number of Topliss-reactive ketones (excluding diaryl/α,β-unsaturated/α-hetero) is 1. The molecule has 1 saturated heterocycles. The molecule has 0 aliphatic carbocycles. The highest BCUT2D eigenvalue weighted by molar-refractivity contribution is 6.74. The number of carbonyl (C=O) groups is 1. The molecule has 86 valence electrons. The summed E-state index contributed by atoms with van der Waals surface area (Å²) in [4.78, 5) is 11.5. The van der Waals surface area contributed by atoms with Crippen molar-refractivity contribution in [3.63, 3.8) is 0 Å². The molecule has 15 heavy (non-hydrogen) atoms. The van der Waals surface area contributed by atoms with Gasteiger partial charge >= 0.3 is 0 Å². The lowest BCUT2D eigenvalue weighted by Crippen LogP contribution is -2.49. The van der Waals surface area contributed by atoms with Crippen LogP contribution in [0, 0.1) is 0 Å². The highest BCUT2D eigenvalue weighted by Crippen LogP contribution is 2.24. The van der Waals surface area contributed by atoms with Gasteiger partial charge in [0.25, 0.3) is 0 Å². The highest BCUT2D eigenvalue weighted by Gasteiger charge is 2.31. The van der Waals surface area contributed by atoms with Gasteiger partial charge in [0.2, 0.25) is 0 Å². The average Bonchev–Trinajstić information content (AvgIpc) is 2.19. The summed E-state index contributed by atoms with van der Waals surface area (Å²) < 4.78 is 2.22. The maximum Gasteiger partial charge on any atom is 0.178 e. The van der Waals surface area contributed by atoms with Gasteiger partial charge in [0.1, 0.15) is 0 Å². The quantitative estimate of drug-likeness (QED) is 0.547. The molecule has 0 spiro atoms. The molecule has 0 aromatic carbocycles. The summed E-state index contributed by atoms with van der Waals surface area (Å²) in [5.41, 5.74) is 0.681. The van der Waals surface area contributed by atoms with Gasteiger partial charge in [-0.25, -0.2) is 0 Å². The van der Waals surface area contributed by atoms with Crippen molar-refractivity contribution < 1.29 is 4.79 Å². The summed E-state index contributed by atoms with van der Waals surface area (Å²) in [6.07, 6.45) is 3.10. The van der Waals surface area contributed by atoms with Gasteiger partial charge in [-0.15, -0.1) is 0 Å². The third-order valence-corrected chi connectivity index (χ3v) is 6.40. The molecule has 1 rings (SSSR count). The Bertz CT molecular complexity index is 274. The molecular formula is C11H22N2OSi. The van der Waals surface area contributed by atoms with E-state index < -0.39 is 8.24 Å². The van der Waals surface area contributed by atoms with Crippen molar-refractivity contribution >= 4 is 19.7 Å². The predicted molar refractivity (Wildman–Crippen MR) is 66.6 cm³/mol. The molecule has 0 bridgehead atoms. The molecule has 1 heterocycles. The molecule has 3 nitrogen and oxygen atoms in total. The van der Waals surface area contributed by atoms with E-state index in [2.05, 4.69) is 22.9 Å². The first-order chi connectivity index (χ1) is 6.97. The lowest BCUT2D eigenvalue weighted by atomic mass is 10.2. The smallest absolute Gasteiger partial charge is 0.178 e. The number of hydrogen-bond donors (Lipinski definition) is 0. The monoisotopic (exact) mass is 226 g/mol. The Kier molecular flexibility index (Phi) is 4.08. The molecule has 1 aliphatic rings. The van der Waals surface area contributed by atoms with Crippen LogP contribution < -0.4 is 0 Å². The predicted octanol–water partition coefficient (Wildman–Crippen LogP) is 2.64. The largest absolute Gasteiger partial charge is 0.324 e. The molecule has 0 aromatic heterocycles. The van der Waals surface area contributed by atoms with E-state index in [1.54, 1.807) is 0 Å². The van der Waals surface area contributed by atoms with Gasteiger partial charge in [-0.05, 0) is 19.4 Å². The maximum atomic E-state index is 11.5. The van der Waals surface area contributed by atoms with Crippen LogP contribution in [0.5, 0.6) is 0 Å². The summed E-state index contributed by atoms with van der Waals surface area (Å²) in [7, 11) is -1.35. The molecule has 0 unspecified atom stereocenters. The Balaban J connectivity index is 2.74. The zero-order valence-corrected chi connectivity index (χ0v) is 11.3. The van der Waals surface area contributed by atoms with Gasteiger partial charge < -0.3 is 4.67 Å². The van der Waals surface area contributed by atoms with Crippen LogP contribution in [0.2, 0.25) is 19.1 Å². The third kappa shape index (κ3) is 3.16. The van der Waals surface area contributed by atoms with Crippen LogP contribution in [0.25, 0.3) is 0 Å². The lowest BCUT2D eigenvalue weighted by Gasteiger charge is -2.38. The minimum absolute atomic E-state index is 0.172. The zero-order valence-electron chi connectivity index (χ0n) is 10.3. The lowest BCUT2D eigenvalue weighted by molar-refractivity contribution is -0.112. The Morgan fingerprint density at radius 3 is 2.60 bits per heavy atom. The van der Waals surface area contributed by atoms with Crippen molar-refractivity contribution in [2.45, 2.75) is 52.2 Å². The van der Waals surface area contributed by atoms with E-state index in [4.69, 9.17) is 0 Å². The van der Waals surface area contributed by atoms with E-state index in [0.717, 1.165) is 6.54 Å². The van der Waals surface area contributed by atoms with Crippen LogP contribution >= 0.6 is 0 Å². The standard InChI is InChI=1S/C11H22N2OSi/c1-5-11(14)10(2)12-13-8-6-7-9-15(13,3)4/h5-9H2,1-4H3. The maximum absolute atomic E-state index is 11.5. The first-order valence-corrected chi connectivity index (χ1v) is 8.99. The first kappa shape index (κ1) is 12.4. The van der Waals surface area contributed by atoms with Gasteiger partial charge in [0, 0.05) is 13.0 Å². The number of nitrogens with zero attached hydrogens (tertiary/aromatic N) is 2. The number of hydrogen-bond acceptors (Lipinski definition) is 3. The fourth-order valence-corrected chi connectivity index (χ4v) is 4.49. The van der Waals surface area contributed by atoms with Gasteiger partial charge in [0.15, 0.2) is 14.0 Å². The van der Waals surface area contributed by atoms with E-state index in [-0.39, 0.29) is 5.78 Å². The van der Waals surface area contributed by atoms with E-state index in [0.29, 0.717) is 12.1 Å². The molecule has 0 amide bonds. The first-order valence-electron chi connectivity index (χ1n) is 5.83. The molecule has 0 aromatic rings. The van der Waals surface area contributed by atoms with Crippen molar-refractivity contribution in [2.24, 2.45) is 5.10 Å². The van der Waals surface area contributed by atoms with Crippen LogP contribution in [-0.2, 0) is 4.79 Å². The molecule has 0 radical (unpaired) electrons. The number of carbonyl (C=O) groups excluding carboxylic acids is 1. The molecule has 1 fully saturated rings. The van der Waals surface area contributed by atoms with Gasteiger partial charge in [-0.1, -0.05) is 26.4 Å². The summed E-state index contributed by atoms with van der Waals surface area (Å²) in [5.74, 6) is 0.172. The van der Waals surface area contributed by atoms with Crippen LogP contribution in [0.1, 0.15) is 33.1 Å². The molecule has 0 N–H and O–H groups in total. The van der Waals surface area contributed by atoms with Gasteiger partial charge in [0.05, 0.1) is 5.71 Å². The second-order valence-corrected chi connectivity index (χ2v) is 9.50. The summed E-state index contributed by atoms with van der Waals surface area (Å²) in [6.45, 7) is 9.43. The van der Waals surface area contributed by atoms with Crippen molar-refractivity contribution in [2.75, 3.05) is 6.54 Å². The van der Waals surface area contributed by atoms with Crippen molar-refractivity contribution in [3.8, 4) is 0 Å². The van der Waals surface area contributed by atoms with Crippen LogP contribution in [-0.4, -0.2) is 30.9 Å². The fraction of sp³-hybridized carbons (Fsp3) is 0.818. The molecule has 4 heteroatoms. The third-order valence-electron chi connectivity index (χ3n) is 3.10. The average molecular weight is 226 g/mol. The van der Waals surface area contributed by atoms with Gasteiger partial charge in [-0.2, -0.15) is 5.10 Å². The highest BCUT2D eigenvalue weighted by atomic mass is 28.3. The van der Waals surface area contributed by atoms with Crippen molar-refractivity contribution in [1.82, 2.24) is 4.67 Å². The minimum Gasteiger partial charge on any atom is -0.324 e. The van der Waals surface area contributed by atoms with Crippen LogP contribution in [0.4, 0.5) is 0 Å². The topological polar surface area (TPSA) is 32.7 Å². The Labute approximate surface area is 93.6 Å². The second-order valence-electron chi connectivity index (χ2n) is 4.85. The number of rotatable bonds is 3.